The van der Waals surface area contributed by atoms with Gasteiger partial charge in [-0.2, -0.15) is 11.8 Å². The first-order valence-electron chi connectivity index (χ1n) is 7.26. The highest BCUT2D eigenvalue weighted by molar-refractivity contribution is 14.0. The van der Waals surface area contributed by atoms with E-state index in [1.54, 1.807) is 0 Å². The van der Waals surface area contributed by atoms with Crippen molar-refractivity contribution < 1.29 is 0 Å². The fourth-order valence-electron chi connectivity index (χ4n) is 2.38. The molecule has 3 heterocycles. The van der Waals surface area contributed by atoms with Crippen molar-refractivity contribution in [2.45, 2.75) is 12.8 Å². The molecule has 1 saturated heterocycles. The number of rotatable bonds is 4. The summed E-state index contributed by atoms with van der Waals surface area (Å²) in [6, 6.07) is 5.92. The van der Waals surface area contributed by atoms with Crippen LogP contribution in [0.2, 0.25) is 0 Å². The quantitative estimate of drug-likeness (QED) is 0.344. The Hall–Kier alpha value is -1.03. The van der Waals surface area contributed by atoms with Crippen LogP contribution in [-0.4, -0.2) is 56.6 Å². The number of hydrogen-bond acceptors (Lipinski definition) is 4. The molecule has 0 spiro atoms. The Labute approximate surface area is 151 Å². The predicted octanol–water partition coefficient (Wildman–Crippen LogP) is 1.64. The third-order valence-corrected chi connectivity index (χ3v) is 4.49. The first kappa shape index (κ1) is 17.3. The topological polar surface area (TPSA) is 71.8 Å². The van der Waals surface area contributed by atoms with Gasteiger partial charge in [-0.3, -0.25) is 9.39 Å². The van der Waals surface area contributed by atoms with E-state index in [9.17, 15) is 0 Å². The van der Waals surface area contributed by atoms with Gasteiger partial charge in [0.05, 0.1) is 0 Å². The highest BCUT2D eigenvalue weighted by Crippen LogP contribution is 2.09. The zero-order chi connectivity index (χ0) is 14.5. The second-order valence-corrected chi connectivity index (χ2v) is 6.21. The molecule has 2 aromatic heterocycles. The van der Waals surface area contributed by atoms with Crippen molar-refractivity contribution >= 4 is 47.3 Å². The lowest BCUT2D eigenvalue weighted by atomic mass is 10.3. The summed E-state index contributed by atoms with van der Waals surface area (Å²) in [4.78, 5) is 6.65. The Morgan fingerprint density at radius 3 is 2.91 bits per heavy atom. The van der Waals surface area contributed by atoms with Crippen LogP contribution in [0.25, 0.3) is 5.65 Å². The second kappa shape index (κ2) is 8.56. The normalized spacial score (nSPS) is 15.8. The Morgan fingerprint density at radius 2 is 2.09 bits per heavy atom. The van der Waals surface area contributed by atoms with Crippen LogP contribution in [0.4, 0.5) is 0 Å². The van der Waals surface area contributed by atoms with Gasteiger partial charge in [0, 0.05) is 43.8 Å². The number of guanidine groups is 1. The largest absolute Gasteiger partial charge is 0.370 e. The van der Waals surface area contributed by atoms with E-state index in [1.165, 1.54) is 0 Å². The highest BCUT2D eigenvalue weighted by Gasteiger charge is 2.11. The summed E-state index contributed by atoms with van der Waals surface area (Å²) in [6.45, 7) is 2.75. The van der Waals surface area contributed by atoms with E-state index in [0.29, 0.717) is 5.96 Å². The molecule has 22 heavy (non-hydrogen) atoms. The molecule has 3 rings (SSSR count). The summed E-state index contributed by atoms with van der Waals surface area (Å²) < 4.78 is 2.02. The number of hydrogen-bond donors (Lipinski definition) is 1. The number of fused-ring (bicyclic) bond motifs is 1. The lowest BCUT2D eigenvalue weighted by Crippen LogP contribution is -2.42. The van der Waals surface area contributed by atoms with Crippen molar-refractivity contribution in [1.29, 1.82) is 0 Å². The zero-order valence-corrected chi connectivity index (χ0v) is 15.5. The van der Waals surface area contributed by atoms with Crippen LogP contribution in [0, 0.1) is 0 Å². The number of aromatic nitrogens is 3. The molecule has 8 heteroatoms. The van der Waals surface area contributed by atoms with Crippen molar-refractivity contribution in [3.05, 3.63) is 30.2 Å². The average Bonchev–Trinajstić information content (AvgIpc) is 2.95. The van der Waals surface area contributed by atoms with Crippen LogP contribution in [0.3, 0.4) is 0 Å². The maximum Gasteiger partial charge on any atom is 0.191 e. The van der Waals surface area contributed by atoms with Crippen LogP contribution >= 0.6 is 35.7 Å². The molecule has 6 nitrogen and oxygen atoms in total. The summed E-state index contributed by atoms with van der Waals surface area (Å²) >= 11 is 1.97. The molecular formula is C14H21IN6S. The minimum Gasteiger partial charge on any atom is -0.370 e. The van der Waals surface area contributed by atoms with Crippen LogP contribution in [0.1, 0.15) is 12.2 Å². The van der Waals surface area contributed by atoms with Gasteiger partial charge in [0.25, 0.3) is 0 Å². The molecule has 0 bridgehead atoms. The van der Waals surface area contributed by atoms with Gasteiger partial charge in [-0.15, -0.1) is 34.2 Å². The first-order chi connectivity index (χ1) is 10.3. The van der Waals surface area contributed by atoms with Crippen molar-refractivity contribution in [3.8, 4) is 0 Å². The van der Waals surface area contributed by atoms with Crippen molar-refractivity contribution in [2.75, 3.05) is 31.1 Å². The molecule has 0 atom stereocenters. The molecular weight excluding hydrogens is 411 g/mol. The van der Waals surface area contributed by atoms with Crippen LogP contribution in [-0.2, 0) is 6.42 Å². The first-order valence-corrected chi connectivity index (χ1v) is 8.41. The van der Waals surface area contributed by atoms with Gasteiger partial charge >= 0.3 is 0 Å². The summed E-state index contributed by atoms with van der Waals surface area (Å²) in [7, 11) is 0. The molecule has 0 radical (unpaired) electrons. The van der Waals surface area contributed by atoms with E-state index in [1.807, 2.05) is 40.6 Å². The second-order valence-electron chi connectivity index (χ2n) is 4.99. The summed E-state index contributed by atoms with van der Waals surface area (Å²) in [5.41, 5.74) is 6.92. The number of pyridine rings is 1. The number of thioether (sulfide) groups is 1. The van der Waals surface area contributed by atoms with E-state index >= 15 is 0 Å². The molecule has 0 aliphatic carbocycles. The molecule has 0 saturated carbocycles. The maximum atomic E-state index is 6.03. The number of aliphatic imine (C=N–C) groups is 1. The molecule has 1 fully saturated rings. The summed E-state index contributed by atoms with van der Waals surface area (Å²) in [5, 5.41) is 8.37. The van der Waals surface area contributed by atoms with Gasteiger partial charge in [-0.1, -0.05) is 6.07 Å². The van der Waals surface area contributed by atoms with Gasteiger partial charge in [-0.25, -0.2) is 0 Å². The lowest BCUT2D eigenvalue weighted by Gasteiger charge is -2.27. The lowest BCUT2D eigenvalue weighted by molar-refractivity contribution is 0.455. The van der Waals surface area contributed by atoms with E-state index in [-0.39, 0.29) is 24.0 Å². The number of nitrogens with zero attached hydrogens (tertiary/aromatic N) is 5. The number of aryl methyl sites for hydroxylation is 1. The average molecular weight is 432 g/mol. The molecule has 0 aromatic carbocycles. The molecule has 2 N–H and O–H groups in total. The van der Waals surface area contributed by atoms with Crippen molar-refractivity contribution in [2.24, 2.45) is 10.7 Å². The molecule has 1 aliphatic rings. The minimum atomic E-state index is 0. The van der Waals surface area contributed by atoms with Crippen LogP contribution in [0.5, 0.6) is 0 Å². The third-order valence-electron chi connectivity index (χ3n) is 3.55. The molecule has 0 amide bonds. The smallest absolute Gasteiger partial charge is 0.191 e. The molecule has 0 unspecified atom stereocenters. The van der Waals surface area contributed by atoms with Crippen LogP contribution < -0.4 is 5.73 Å². The molecule has 2 aromatic rings. The van der Waals surface area contributed by atoms with Crippen molar-refractivity contribution in [1.82, 2.24) is 19.5 Å². The summed E-state index contributed by atoms with van der Waals surface area (Å²) in [6.07, 6.45) is 3.78. The minimum absolute atomic E-state index is 0. The fourth-order valence-corrected chi connectivity index (χ4v) is 3.29. The monoisotopic (exact) mass is 432 g/mol. The fraction of sp³-hybridized carbons (Fsp3) is 0.500. The standard InChI is InChI=1S/C14H20N6S.HI/c15-14(19-8-10-21-11-9-19)16-6-3-5-13-18-17-12-4-1-2-7-20(12)13;/h1-2,4,7H,3,5-6,8-11H2,(H2,15,16);1H. The van der Waals surface area contributed by atoms with E-state index < -0.39 is 0 Å². The highest BCUT2D eigenvalue weighted by atomic mass is 127. The van der Waals surface area contributed by atoms with Gasteiger partial charge in [-0.05, 0) is 18.6 Å². The zero-order valence-electron chi connectivity index (χ0n) is 12.4. The van der Waals surface area contributed by atoms with Crippen molar-refractivity contribution in [3.63, 3.8) is 0 Å². The molecule has 1 aliphatic heterocycles. The predicted molar refractivity (Wildman–Crippen MR) is 102 cm³/mol. The van der Waals surface area contributed by atoms with Gasteiger partial charge < -0.3 is 10.6 Å². The third kappa shape index (κ3) is 4.25. The Morgan fingerprint density at radius 1 is 1.27 bits per heavy atom. The van der Waals surface area contributed by atoms with Gasteiger partial charge in [0.2, 0.25) is 0 Å². The summed E-state index contributed by atoms with van der Waals surface area (Å²) in [5.74, 6) is 3.94. The molecule has 120 valence electrons. The number of halogens is 1. The Balaban J connectivity index is 0.00000176. The Bertz CT molecular complexity index is 623. The SMILES string of the molecule is I.NC(=NCCCc1nnc2ccccn12)N1CCSCC1. The number of nitrogens with two attached hydrogens (primary N) is 1. The van der Waals surface area contributed by atoms with E-state index in [0.717, 1.165) is 55.5 Å². The van der Waals surface area contributed by atoms with Gasteiger partial charge in [0.1, 0.15) is 5.82 Å². The Kier molecular flexibility index (Phi) is 6.74. The van der Waals surface area contributed by atoms with E-state index in [2.05, 4.69) is 20.1 Å². The maximum absolute atomic E-state index is 6.03. The van der Waals surface area contributed by atoms with Gasteiger partial charge in [0.15, 0.2) is 11.6 Å². The van der Waals surface area contributed by atoms with Crippen LogP contribution in [0.15, 0.2) is 29.4 Å². The van der Waals surface area contributed by atoms with E-state index in [4.69, 9.17) is 5.73 Å².